The molecular weight excluding hydrogens is 696 g/mol. The van der Waals surface area contributed by atoms with Crippen LogP contribution in [0.25, 0.3) is 0 Å². The summed E-state index contributed by atoms with van der Waals surface area (Å²) in [7, 11) is -1.85. The zero-order chi connectivity index (χ0) is 33.7. The Labute approximate surface area is 279 Å². The molecule has 2 heterocycles. The third-order valence-electron chi connectivity index (χ3n) is 9.26. The second kappa shape index (κ2) is 12.3. The highest BCUT2D eigenvalue weighted by Gasteiger charge is 2.67. The van der Waals surface area contributed by atoms with E-state index < -0.39 is 63.4 Å². The normalized spacial score (nSPS) is 25.0. The van der Waals surface area contributed by atoms with Crippen molar-refractivity contribution < 1.29 is 46.5 Å². The molecule has 2 fully saturated rings. The molecular formula is C33H31BrN2O10S. The van der Waals surface area contributed by atoms with Gasteiger partial charge in [-0.2, -0.15) is 0 Å². The van der Waals surface area contributed by atoms with Crippen molar-refractivity contribution in [3.63, 3.8) is 0 Å². The highest BCUT2D eigenvalue weighted by atomic mass is 79.9. The molecule has 47 heavy (non-hydrogen) atoms. The molecule has 12 nitrogen and oxygen atoms in total. The molecule has 1 saturated heterocycles. The van der Waals surface area contributed by atoms with Crippen molar-refractivity contribution in [2.45, 2.75) is 35.8 Å². The molecule has 3 aliphatic rings. The highest BCUT2D eigenvalue weighted by molar-refractivity contribution is 9.10. The zero-order valence-corrected chi connectivity index (χ0v) is 28.0. The number of cyclic esters (lactones) is 1. The Morgan fingerprint density at radius 1 is 0.979 bits per heavy atom. The van der Waals surface area contributed by atoms with Gasteiger partial charge < -0.3 is 18.9 Å². The number of fused-ring (bicyclic) bond motifs is 3. The summed E-state index contributed by atoms with van der Waals surface area (Å²) in [4.78, 5) is 55.0. The molecule has 1 saturated carbocycles. The van der Waals surface area contributed by atoms with Crippen LogP contribution in [-0.2, 0) is 39.2 Å². The van der Waals surface area contributed by atoms with Gasteiger partial charge >= 0.3 is 18.0 Å². The van der Waals surface area contributed by atoms with E-state index in [1.54, 1.807) is 55.5 Å². The monoisotopic (exact) mass is 726 g/mol. The lowest BCUT2D eigenvalue weighted by Gasteiger charge is -2.50. The lowest BCUT2D eigenvalue weighted by molar-refractivity contribution is -0.159. The predicted octanol–water partition coefficient (Wildman–Crippen LogP) is 4.31. The Bertz CT molecular complexity index is 1850. The zero-order valence-electron chi connectivity index (χ0n) is 25.6. The Morgan fingerprint density at radius 2 is 1.66 bits per heavy atom. The molecule has 6 rings (SSSR count). The van der Waals surface area contributed by atoms with Gasteiger partial charge in [0.1, 0.15) is 18.5 Å². The highest BCUT2D eigenvalue weighted by Crippen LogP contribution is 2.58. The number of anilines is 1. The second-order valence-electron chi connectivity index (χ2n) is 11.6. The van der Waals surface area contributed by atoms with E-state index in [0.717, 1.165) is 20.8 Å². The Kier molecular flexibility index (Phi) is 8.51. The van der Waals surface area contributed by atoms with Crippen molar-refractivity contribution in [2.24, 2.45) is 11.8 Å². The van der Waals surface area contributed by atoms with Gasteiger partial charge in [-0.1, -0.05) is 34.1 Å². The number of halogens is 1. The minimum absolute atomic E-state index is 0.0520. The molecule has 0 N–H and O–H groups in total. The van der Waals surface area contributed by atoms with Crippen molar-refractivity contribution in [2.75, 3.05) is 31.7 Å². The van der Waals surface area contributed by atoms with Gasteiger partial charge in [0, 0.05) is 4.47 Å². The summed E-state index contributed by atoms with van der Waals surface area (Å²) in [5, 5.41) is 0. The Balaban J connectivity index is 1.57. The van der Waals surface area contributed by atoms with E-state index in [2.05, 4.69) is 15.9 Å². The SMILES string of the molecule is COC(=O)[C@H]1C[C@@H](OC(=O)c2ccc(Br)cc2)[C@@]2(C)c3ccccc3N(S(=O)(=O)c3ccc(OC)cc3)[C@H]2[C@@H]1C(=O)N1CCOC1=O. The van der Waals surface area contributed by atoms with Crippen LogP contribution in [0.5, 0.6) is 5.75 Å². The van der Waals surface area contributed by atoms with Gasteiger partial charge in [0.15, 0.2) is 0 Å². The van der Waals surface area contributed by atoms with Gasteiger partial charge in [0.25, 0.3) is 10.0 Å². The summed E-state index contributed by atoms with van der Waals surface area (Å²) in [5.74, 6) is -4.61. The van der Waals surface area contributed by atoms with Crippen LogP contribution < -0.4 is 9.04 Å². The van der Waals surface area contributed by atoms with E-state index in [-0.39, 0.29) is 35.7 Å². The van der Waals surface area contributed by atoms with Gasteiger partial charge in [-0.05, 0) is 73.5 Å². The topological polar surface area (TPSA) is 146 Å². The standard InChI is InChI=1S/C33H31BrN2O10S/c1-33-24-6-4-5-7-25(24)36(47(41,42)22-14-12-21(43-2)13-15-22)28(33)27(29(37)35-16-17-45-32(35)40)23(31(39)44-3)18-26(33)46-30(38)19-8-10-20(34)11-9-19/h4-15,23,26-28H,16-18H2,1-3H3/t23-,26+,27+,28-,33+/m0/s1. The number of rotatable bonds is 7. The van der Waals surface area contributed by atoms with Crippen LogP contribution >= 0.6 is 15.9 Å². The number of nitrogens with zero attached hydrogens (tertiary/aromatic N) is 2. The largest absolute Gasteiger partial charge is 0.497 e. The number of hydrogen-bond donors (Lipinski definition) is 0. The maximum absolute atomic E-state index is 14.7. The van der Waals surface area contributed by atoms with Crippen molar-refractivity contribution >= 4 is 55.6 Å². The molecule has 0 bridgehead atoms. The number of imide groups is 1. The number of methoxy groups -OCH3 is 2. The van der Waals surface area contributed by atoms with Crippen LogP contribution in [0.3, 0.4) is 0 Å². The minimum atomic E-state index is -4.46. The van der Waals surface area contributed by atoms with Crippen LogP contribution in [0.4, 0.5) is 10.5 Å². The average Bonchev–Trinajstić information content (AvgIpc) is 3.63. The fourth-order valence-corrected chi connectivity index (χ4v) is 9.01. The van der Waals surface area contributed by atoms with Crippen molar-refractivity contribution in [3.05, 3.63) is 88.4 Å². The molecule has 0 unspecified atom stereocenters. The number of para-hydroxylation sites is 1. The molecule has 2 amide bonds. The molecule has 5 atom stereocenters. The summed E-state index contributed by atoms with van der Waals surface area (Å²) in [5.41, 5.74) is -0.418. The number of sulfonamides is 1. The number of carbonyl (C=O) groups is 4. The van der Waals surface area contributed by atoms with Crippen LogP contribution in [0, 0.1) is 11.8 Å². The average molecular weight is 728 g/mol. The summed E-state index contributed by atoms with van der Waals surface area (Å²) in [6.45, 7) is 1.59. The van der Waals surface area contributed by atoms with Gasteiger partial charge in [0.2, 0.25) is 5.91 Å². The summed E-state index contributed by atoms with van der Waals surface area (Å²) >= 11 is 3.35. The van der Waals surface area contributed by atoms with Crippen LogP contribution in [0.15, 0.2) is 82.2 Å². The lowest BCUT2D eigenvalue weighted by Crippen LogP contribution is -2.66. The molecule has 14 heteroatoms. The van der Waals surface area contributed by atoms with E-state index in [0.29, 0.717) is 11.3 Å². The van der Waals surface area contributed by atoms with Crippen LogP contribution in [0.1, 0.15) is 29.3 Å². The maximum atomic E-state index is 14.7. The fraction of sp³-hybridized carbons (Fsp3) is 0.333. The minimum Gasteiger partial charge on any atom is -0.497 e. The first-order valence-electron chi connectivity index (χ1n) is 14.7. The number of amides is 2. The molecule has 246 valence electrons. The van der Waals surface area contributed by atoms with Crippen LogP contribution in [0.2, 0.25) is 0 Å². The molecule has 1 aliphatic carbocycles. The van der Waals surface area contributed by atoms with Gasteiger partial charge in [-0.15, -0.1) is 0 Å². The van der Waals surface area contributed by atoms with Gasteiger partial charge in [-0.25, -0.2) is 22.9 Å². The number of benzene rings is 3. The number of esters is 2. The first-order valence-corrected chi connectivity index (χ1v) is 17.0. The van der Waals surface area contributed by atoms with Gasteiger partial charge in [-0.3, -0.25) is 13.9 Å². The fourth-order valence-electron chi connectivity index (χ4n) is 6.97. The first kappa shape index (κ1) is 32.5. The molecule has 3 aromatic rings. The van der Waals surface area contributed by atoms with Crippen LogP contribution in [-0.4, -0.2) is 76.8 Å². The molecule has 0 spiro atoms. The van der Waals surface area contributed by atoms with Crippen molar-refractivity contribution in [1.29, 1.82) is 0 Å². The van der Waals surface area contributed by atoms with Crippen molar-refractivity contribution in [3.8, 4) is 5.75 Å². The lowest BCUT2D eigenvalue weighted by atomic mass is 9.59. The Morgan fingerprint density at radius 3 is 2.28 bits per heavy atom. The third-order valence-corrected chi connectivity index (χ3v) is 11.6. The summed E-state index contributed by atoms with van der Waals surface area (Å²) in [6.07, 6.45) is -2.20. The quantitative estimate of drug-likeness (QED) is 0.255. The second-order valence-corrected chi connectivity index (χ2v) is 14.3. The maximum Gasteiger partial charge on any atom is 0.416 e. The number of ether oxygens (including phenoxy) is 4. The van der Waals surface area contributed by atoms with E-state index in [9.17, 15) is 27.6 Å². The smallest absolute Gasteiger partial charge is 0.416 e. The van der Waals surface area contributed by atoms with Crippen molar-refractivity contribution in [1.82, 2.24) is 4.90 Å². The molecule has 0 radical (unpaired) electrons. The van der Waals surface area contributed by atoms with E-state index in [4.69, 9.17) is 18.9 Å². The predicted molar refractivity (Wildman–Crippen MR) is 170 cm³/mol. The first-order chi connectivity index (χ1) is 22.4. The van der Waals surface area contributed by atoms with E-state index in [1.807, 2.05) is 0 Å². The van der Waals surface area contributed by atoms with Gasteiger partial charge in [0.05, 0.1) is 60.2 Å². The molecule has 3 aromatic carbocycles. The summed E-state index contributed by atoms with van der Waals surface area (Å²) in [6, 6.07) is 17.6. The molecule has 2 aliphatic heterocycles. The summed E-state index contributed by atoms with van der Waals surface area (Å²) < 4.78 is 52.9. The number of hydrogen-bond acceptors (Lipinski definition) is 10. The third kappa shape index (κ3) is 5.32. The molecule has 0 aromatic heterocycles. The van der Waals surface area contributed by atoms with E-state index in [1.165, 1.54) is 31.4 Å². The Hall–Kier alpha value is -4.43. The van der Waals surface area contributed by atoms with E-state index >= 15 is 0 Å². The number of carbonyl (C=O) groups excluding carboxylic acids is 4.